The monoisotopic (exact) mass is 632 g/mol. The van der Waals surface area contributed by atoms with Crippen molar-refractivity contribution >= 4 is 23.7 Å². The van der Waals surface area contributed by atoms with E-state index in [4.69, 9.17) is 10.5 Å². The molecule has 1 aliphatic heterocycles. The fourth-order valence-corrected chi connectivity index (χ4v) is 5.34. The number of ether oxygens (including phenoxy) is 1. The molecule has 1 aliphatic rings. The normalized spacial score (nSPS) is 19.8. The number of nitrogens with one attached hydrogen (secondary N) is 3. The largest absolute Gasteiger partial charge is 0.508 e. The molecule has 3 aromatic rings. The quantitative estimate of drug-likeness (QED) is 0.190. The van der Waals surface area contributed by atoms with Crippen LogP contribution in [-0.2, 0) is 43.2 Å². The first-order valence-electron chi connectivity index (χ1n) is 15.1. The zero-order valence-corrected chi connectivity index (χ0v) is 25.9. The number of methoxy groups -OCH3 is 1. The summed E-state index contributed by atoms with van der Waals surface area (Å²) in [6, 6.07) is 11.0. The number of nitrogens with two attached hydrogens (primary N) is 1. The van der Waals surface area contributed by atoms with E-state index in [9.17, 15) is 34.5 Å². The maximum atomic E-state index is 13.9. The molecule has 0 fully saturated rings. The molecular formula is C34H40N4O8. The number of rotatable bonds is 7. The Labute approximate surface area is 267 Å². The van der Waals surface area contributed by atoms with Crippen LogP contribution < -0.4 is 21.7 Å². The van der Waals surface area contributed by atoms with Crippen molar-refractivity contribution < 1.29 is 39.2 Å². The lowest BCUT2D eigenvalue weighted by molar-refractivity contribution is -0.145. The summed E-state index contributed by atoms with van der Waals surface area (Å²) in [4.78, 5) is 53.6. The standard InChI is InChI=1S/C34H40N4O8/c1-4-18(2)30-33(44)36-26(32(43)37-27(34(45)46-3)16-19-5-9-22(39)10-6-19)17-21-8-12-29(41)24(14-21)23-13-20(7-11-28(23)40)15-25(35)31(42)38-30/h5-14,18,25-27,30,39-41H,4,15-17,35H2,1-3H3,(H,36,44)(H,37,43)(H,38,42)/t18?,25?,26?,27?,30-/m0/s1. The summed E-state index contributed by atoms with van der Waals surface area (Å²) in [5.41, 5.74) is 8.60. The molecule has 46 heavy (non-hydrogen) atoms. The lowest BCUT2D eigenvalue weighted by Crippen LogP contribution is -2.59. The van der Waals surface area contributed by atoms with Crippen molar-refractivity contribution in [3.05, 3.63) is 77.4 Å². The SMILES string of the molecule is CCC(C)[C@@H]1NC(=O)C(N)Cc2ccc(O)c(c2)-c2cc(ccc2O)CC(C(=O)NC(Cc2ccc(O)cc2)C(=O)OC)NC1=O. The average molecular weight is 633 g/mol. The van der Waals surface area contributed by atoms with E-state index in [2.05, 4.69) is 16.0 Å². The highest BCUT2D eigenvalue weighted by molar-refractivity contribution is 5.94. The van der Waals surface area contributed by atoms with Crippen LogP contribution in [0.2, 0.25) is 0 Å². The predicted octanol–water partition coefficient (Wildman–Crippen LogP) is 1.81. The lowest BCUT2D eigenvalue weighted by atomic mass is 9.95. The van der Waals surface area contributed by atoms with Gasteiger partial charge in [0.2, 0.25) is 17.7 Å². The molecule has 12 heteroatoms. The molecule has 3 aromatic carbocycles. The Morgan fingerprint density at radius 1 is 0.913 bits per heavy atom. The number of phenolic OH excluding ortho intramolecular Hbond substituents is 3. The van der Waals surface area contributed by atoms with Crippen molar-refractivity contribution in [2.45, 2.75) is 63.7 Å². The van der Waals surface area contributed by atoms with Gasteiger partial charge in [0.1, 0.15) is 35.4 Å². The van der Waals surface area contributed by atoms with E-state index < -0.39 is 47.9 Å². The first-order chi connectivity index (χ1) is 21.9. The molecule has 4 bridgehead atoms. The number of carbonyl (C=O) groups is 4. The fraction of sp³-hybridized carbons (Fsp3) is 0.353. The van der Waals surface area contributed by atoms with Crippen molar-refractivity contribution in [2.75, 3.05) is 7.11 Å². The molecular weight excluding hydrogens is 592 g/mol. The summed E-state index contributed by atoms with van der Waals surface area (Å²) in [7, 11) is 1.19. The summed E-state index contributed by atoms with van der Waals surface area (Å²) in [6.07, 6.45) is 0.598. The van der Waals surface area contributed by atoms with Crippen LogP contribution in [0.4, 0.5) is 0 Å². The second kappa shape index (κ2) is 14.8. The maximum Gasteiger partial charge on any atom is 0.328 e. The second-order valence-electron chi connectivity index (χ2n) is 11.6. The molecule has 0 aromatic heterocycles. The molecule has 0 saturated heterocycles. The highest BCUT2D eigenvalue weighted by atomic mass is 16.5. The first-order valence-corrected chi connectivity index (χ1v) is 15.1. The van der Waals surface area contributed by atoms with Crippen LogP contribution in [0.25, 0.3) is 11.1 Å². The zero-order chi connectivity index (χ0) is 33.5. The van der Waals surface area contributed by atoms with Gasteiger partial charge in [-0.25, -0.2) is 4.79 Å². The van der Waals surface area contributed by atoms with Gasteiger partial charge in [-0.15, -0.1) is 0 Å². The third kappa shape index (κ3) is 8.13. The predicted molar refractivity (Wildman–Crippen MR) is 170 cm³/mol. The third-order valence-electron chi connectivity index (χ3n) is 8.25. The van der Waals surface area contributed by atoms with Crippen LogP contribution in [0.15, 0.2) is 60.7 Å². The Bertz CT molecular complexity index is 1590. The molecule has 0 spiro atoms. The molecule has 4 rings (SSSR count). The maximum absolute atomic E-state index is 13.9. The van der Waals surface area contributed by atoms with Crippen LogP contribution in [0.5, 0.6) is 17.2 Å². The number of hydrogen-bond donors (Lipinski definition) is 7. The van der Waals surface area contributed by atoms with Crippen molar-refractivity contribution in [1.29, 1.82) is 0 Å². The molecule has 1 heterocycles. The minimum atomic E-state index is -1.24. The fourth-order valence-electron chi connectivity index (χ4n) is 5.34. The van der Waals surface area contributed by atoms with Crippen LogP contribution in [0, 0.1) is 5.92 Å². The summed E-state index contributed by atoms with van der Waals surface area (Å²) >= 11 is 0. The second-order valence-corrected chi connectivity index (χ2v) is 11.6. The Hall–Kier alpha value is -5.10. The Morgan fingerprint density at radius 3 is 2.07 bits per heavy atom. The highest BCUT2D eigenvalue weighted by Crippen LogP contribution is 2.37. The van der Waals surface area contributed by atoms with Crippen molar-refractivity contribution in [3.63, 3.8) is 0 Å². The van der Waals surface area contributed by atoms with E-state index in [-0.39, 0.29) is 48.0 Å². The van der Waals surface area contributed by atoms with Gasteiger partial charge < -0.3 is 41.7 Å². The van der Waals surface area contributed by atoms with Gasteiger partial charge in [-0.05, 0) is 65.4 Å². The van der Waals surface area contributed by atoms with E-state index in [1.807, 2.05) is 6.92 Å². The van der Waals surface area contributed by atoms with E-state index in [0.29, 0.717) is 28.7 Å². The van der Waals surface area contributed by atoms with Crippen molar-refractivity contribution in [1.82, 2.24) is 16.0 Å². The van der Waals surface area contributed by atoms with Gasteiger partial charge in [0, 0.05) is 24.0 Å². The van der Waals surface area contributed by atoms with Crippen LogP contribution in [0.1, 0.15) is 37.0 Å². The molecule has 0 radical (unpaired) electrons. The Kier molecular flexibility index (Phi) is 10.9. The molecule has 0 saturated carbocycles. The van der Waals surface area contributed by atoms with Gasteiger partial charge >= 0.3 is 5.97 Å². The van der Waals surface area contributed by atoms with Crippen LogP contribution in [0.3, 0.4) is 0 Å². The number of phenols is 3. The number of fused-ring (bicyclic) bond motifs is 5. The van der Waals surface area contributed by atoms with Crippen LogP contribution >= 0.6 is 0 Å². The smallest absolute Gasteiger partial charge is 0.328 e. The topological polar surface area (TPSA) is 200 Å². The number of amides is 3. The molecule has 8 N–H and O–H groups in total. The summed E-state index contributed by atoms with van der Waals surface area (Å²) < 4.78 is 4.93. The van der Waals surface area contributed by atoms with Gasteiger partial charge in [0.15, 0.2) is 0 Å². The summed E-state index contributed by atoms with van der Waals surface area (Å²) in [5, 5.41) is 39.3. The number of benzene rings is 3. The average Bonchev–Trinajstić information content (AvgIpc) is 3.04. The van der Waals surface area contributed by atoms with E-state index in [0.717, 1.165) is 0 Å². The van der Waals surface area contributed by atoms with Crippen LogP contribution in [-0.4, -0.2) is 70.3 Å². The number of aromatic hydroxyl groups is 3. The lowest BCUT2D eigenvalue weighted by Gasteiger charge is -2.28. The molecule has 0 aliphatic carbocycles. The van der Waals surface area contributed by atoms with Gasteiger partial charge in [0.25, 0.3) is 0 Å². The molecule has 4 unspecified atom stereocenters. The molecule has 3 amide bonds. The highest BCUT2D eigenvalue weighted by Gasteiger charge is 2.33. The Balaban J connectivity index is 1.76. The minimum absolute atomic E-state index is 0.0396. The number of hydrogen-bond acceptors (Lipinski definition) is 9. The van der Waals surface area contributed by atoms with Gasteiger partial charge in [0.05, 0.1) is 13.2 Å². The third-order valence-corrected chi connectivity index (χ3v) is 8.25. The molecule has 12 nitrogen and oxygen atoms in total. The molecule has 5 atom stereocenters. The molecule has 244 valence electrons. The summed E-state index contributed by atoms with van der Waals surface area (Å²) in [5.74, 6) is -3.14. The van der Waals surface area contributed by atoms with Gasteiger partial charge in [-0.1, -0.05) is 44.5 Å². The van der Waals surface area contributed by atoms with Gasteiger partial charge in [-0.2, -0.15) is 0 Å². The van der Waals surface area contributed by atoms with E-state index in [1.165, 1.54) is 31.4 Å². The van der Waals surface area contributed by atoms with E-state index >= 15 is 0 Å². The van der Waals surface area contributed by atoms with Gasteiger partial charge in [-0.3, -0.25) is 14.4 Å². The zero-order valence-electron chi connectivity index (χ0n) is 25.9. The minimum Gasteiger partial charge on any atom is -0.508 e. The Morgan fingerprint density at radius 2 is 1.50 bits per heavy atom. The van der Waals surface area contributed by atoms with Crippen molar-refractivity contribution in [3.8, 4) is 28.4 Å². The first kappa shape index (κ1) is 33.8. The number of esters is 1. The summed E-state index contributed by atoms with van der Waals surface area (Å²) in [6.45, 7) is 3.66. The number of carbonyl (C=O) groups excluding carboxylic acids is 4. The van der Waals surface area contributed by atoms with E-state index in [1.54, 1.807) is 43.3 Å². The van der Waals surface area contributed by atoms with Crippen molar-refractivity contribution in [2.24, 2.45) is 11.7 Å².